The standard InChI is InChI=1S/C13H11N5O/c19-13(14-7-10-2-1-5-17-18-10)9-3-4-11-12(6-9)16-8-15-11/h1-6,8H,7H2,(H,14,19)(H,15,16). The van der Waals surface area contributed by atoms with E-state index in [-0.39, 0.29) is 5.91 Å². The van der Waals surface area contributed by atoms with Gasteiger partial charge in [-0.15, -0.1) is 0 Å². The van der Waals surface area contributed by atoms with Gasteiger partial charge >= 0.3 is 0 Å². The first kappa shape index (κ1) is 11.3. The molecule has 2 heterocycles. The fourth-order valence-corrected chi connectivity index (χ4v) is 1.78. The Hall–Kier alpha value is -2.76. The number of benzene rings is 1. The molecular weight excluding hydrogens is 242 g/mol. The molecule has 0 spiro atoms. The smallest absolute Gasteiger partial charge is 0.251 e. The molecule has 0 fully saturated rings. The Morgan fingerprint density at radius 2 is 2.26 bits per heavy atom. The topological polar surface area (TPSA) is 83.6 Å². The van der Waals surface area contributed by atoms with E-state index in [9.17, 15) is 4.79 Å². The summed E-state index contributed by atoms with van der Waals surface area (Å²) in [4.78, 5) is 19.1. The molecule has 0 atom stereocenters. The van der Waals surface area contributed by atoms with E-state index in [2.05, 4.69) is 25.5 Å². The van der Waals surface area contributed by atoms with Gasteiger partial charge in [0.1, 0.15) is 0 Å². The van der Waals surface area contributed by atoms with E-state index in [1.807, 2.05) is 12.1 Å². The van der Waals surface area contributed by atoms with Gasteiger partial charge in [0.05, 0.1) is 29.6 Å². The Labute approximate surface area is 108 Å². The highest BCUT2D eigenvalue weighted by atomic mass is 16.1. The van der Waals surface area contributed by atoms with Crippen molar-refractivity contribution in [2.45, 2.75) is 6.54 Å². The van der Waals surface area contributed by atoms with Gasteiger partial charge in [-0.2, -0.15) is 10.2 Å². The average molecular weight is 253 g/mol. The molecule has 2 aromatic heterocycles. The molecule has 3 rings (SSSR count). The summed E-state index contributed by atoms with van der Waals surface area (Å²) in [6, 6.07) is 8.92. The molecule has 0 saturated carbocycles. The molecule has 6 heteroatoms. The van der Waals surface area contributed by atoms with Crippen LogP contribution in [0.1, 0.15) is 16.1 Å². The Kier molecular flexibility index (Phi) is 2.89. The number of amides is 1. The number of fused-ring (bicyclic) bond motifs is 1. The maximum Gasteiger partial charge on any atom is 0.251 e. The van der Waals surface area contributed by atoms with Gasteiger partial charge in [-0.05, 0) is 30.3 Å². The zero-order chi connectivity index (χ0) is 13.1. The van der Waals surface area contributed by atoms with Crippen LogP contribution in [0.3, 0.4) is 0 Å². The monoisotopic (exact) mass is 253 g/mol. The van der Waals surface area contributed by atoms with Crippen molar-refractivity contribution in [3.8, 4) is 0 Å². The molecule has 0 saturated heterocycles. The first-order chi connectivity index (χ1) is 9.33. The van der Waals surface area contributed by atoms with Gasteiger partial charge < -0.3 is 10.3 Å². The second-order valence-electron chi connectivity index (χ2n) is 4.03. The van der Waals surface area contributed by atoms with E-state index in [1.165, 1.54) is 0 Å². The van der Waals surface area contributed by atoms with Crippen molar-refractivity contribution in [1.82, 2.24) is 25.5 Å². The molecular formula is C13H11N5O. The van der Waals surface area contributed by atoms with Gasteiger partial charge in [0.2, 0.25) is 0 Å². The second kappa shape index (κ2) is 4.85. The lowest BCUT2D eigenvalue weighted by atomic mass is 10.2. The Morgan fingerprint density at radius 1 is 1.32 bits per heavy atom. The molecule has 94 valence electrons. The van der Waals surface area contributed by atoms with Crippen molar-refractivity contribution in [3.05, 3.63) is 54.1 Å². The van der Waals surface area contributed by atoms with Crippen molar-refractivity contribution >= 4 is 16.9 Å². The Morgan fingerprint density at radius 3 is 3.11 bits per heavy atom. The number of rotatable bonds is 3. The van der Waals surface area contributed by atoms with Crippen LogP contribution in [0, 0.1) is 0 Å². The zero-order valence-corrected chi connectivity index (χ0v) is 10.00. The number of aromatic nitrogens is 4. The zero-order valence-electron chi connectivity index (χ0n) is 10.00. The third kappa shape index (κ3) is 2.42. The third-order valence-electron chi connectivity index (χ3n) is 2.74. The predicted molar refractivity (Wildman–Crippen MR) is 69.3 cm³/mol. The van der Waals surface area contributed by atoms with Crippen LogP contribution in [0.4, 0.5) is 0 Å². The van der Waals surface area contributed by atoms with Crippen LogP contribution < -0.4 is 5.32 Å². The number of aromatic amines is 1. The van der Waals surface area contributed by atoms with Crippen molar-refractivity contribution in [1.29, 1.82) is 0 Å². The van der Waals surface area contributed by atoms with Crippen LogP contribution in [0.15, 0.2) is 42.9 Å². The molecule has 0 aliphatic heterocycles. The SMILES string of the molecule is O=C(NCc1cccnn1)c1ccc2nc[nH]c2c1. The van der Waals surface area contributed by atoms with E-state index < -0.39 is 0 Å². The minimum atomic E-state index is -0.151. The molecule has 0 aliphatic rings. The van der Waals surface area contributed by atoms with E-state index in [1.54, 1.807) is 30.7 Å². The van der Waals surface area contributed by atoms with Crippen molar-refractivity contribution < 1.29 is 4.79 Å². The van der Waals surface area contributed by atoms with Gasteiger partial charge in [0.15, 0.2) is 0 Å². The summed E-state index contributed by atoms with van der Waals surface area (Å²) in [6.45, 7) is 0.355. The fraction of sp³-hybridized carbons (Fsp3) is 0.0769. The molecule has 1 amide bonds. The number of carbonyl (C=O) groups excluding carboxylic acids is 1. The Balaban J connectivity index is 1.73. The van der Waals surface area contributed by atoms with Crippen LogP contribution in [0.5, 0.6) is 0 Å². The van der Waals surface area contributed by atoms with Crippen LogP contribution >= 0.6 is 0 Å². The molecule has 19 heavy (non-hydrogen) atoms. The lowest BCUT2D eigenvalue weighted by molar-refractivity contribution is 0.0950. The van der Waals surface area contributed by atoms with Crippen molar-refractivity contribution in [2.75, 3.05) is 0 Å². The number of hydrogen-bond acceptors (Lipinski definition) is 4. The maximum absolute atomic E-state index is 12.0. The van der Waals surface area contributed by atoms with E-state index in [4.69, 9.17) is 0 Å². The van der Waals surface area contributed by atoms with Gasteiger partial charge in [-0.25, -0.2) is 4.98 Å². The highest BCUT2D eigenvalue weighted by Crippen LogP contribution is 2.11. The Bertz CT molecular complexity index is 707. The van der Waals surface area contributed by atoms with Gasteiger partial charge in [0.25, 0.3) is 5.91 Å². The number of carbonyl (C=O) groups is 1. The minimum absolute atomic E-state index is 0.151. The highest BCUT2D eigenvalue weighted by Gasteiger charge is 2.07. The molecule has 2 N–H and O–H groups in total. The van der Waals surface area contributed by atoms with Crippen molar-refractivity contribution in [3.63, 3.8) is 0 Å². The maximum atomic E-state index is 12.0. The number of hydrogen-bond donors (Lipinski definition) is 2. The normalized spacial score (nSPS) is 10.5. The van der Waals surface area contributed by atoms with E-state index in [0.29, 0.717) is 12.1 Å². The third-order valence-corrected chi connectivity index (χ3v) is 2.74. The molecule has 6 nitrogen and oxygen atoms in total. The summed E-state index contributed by atoms with van der Waals surface area (Å²) in [7, 11) is 0. The molecule has 3 aromatic rings. The van der Waals surface area contributed by atoms with E-state index >= 15 is 0 Å². The quantitative estimate of drug-likeness (QED) is 0.736. The summed E-state index contributed by atoms with van der Waals surface area (Å²) in [5.41, 5.74) is 2.98. The lowest BCUT2D eigenvalue weighted by Crippen LogP contribution is -2.23. The minimum Gasteiger partial charge on any atom is -0.346 e. The average Bonchev–Trinajstić information content (AvgIpc) is 2.93. The largest absolute Gasteiger partial charge is 0.346 e. The lowest BCUT2D eigenvalue weighted by Gasteiger charge is -2.04. The fourth-order valence-electron chi connectivity index (χ4n) is 1.78. The molecule has 1 aromatic carbocycles. The molecule has 0 unspecified atom stereocenters. The number of H-pyrrole nitrogens is 1. The predicted octanol–water partition coefficient (Wildman–Crippen LogP) is 1.28. The summed E-state index contributed by atoms with van der Waals surface area (Å²) in [6.07, 6.45) is 3.20. The summed E-state index contributed by atoms with van der Waals surface area (Å²) < 4.78 is 0. The summed E-state index contributed by atoms with van der Waals surface area (Å²) in [5, 5.41) is 10.5. The van der Waals surface area contributed by atoms with Crippen LogP contribution in [-0.4, -0.2) is 26.1 Å². The van der Waals surface area contributed by atoms with Crippen molar-refractivity contribution in [2.24, 2.45) is 0 Å². The number of nitrogens with zero attached hydrogens (tertiary/aromatic N) is 3. The first-order valence-electron chi connectivity index (χ1n) is 5.81. The molecule has 0 radical (unpaired) electrons. The number of nitrogens with one attached hydrogen (secondary N) is 2. The van der Waals surface area contributed by atoms with Gasteiger partial charge in [0, 0.05) is 11.8 Å². The highest BCUT2D eigenvalue weighted by molar-refractivity contribution is 5.97. The molecule has 0 aliphatic carbocycles. The second-order valence-corrected chi connectivity index (χ2v) is 4.03. The van der Waals surface area contributed by atoms with Crippen LogP contribution in [-0.2, 0) is 6.54 Å². The summed E-state index contributed by atoms with van der Waals surface area (Å²) >= 11 is 0. The van der Waals surface area contributed by atoms with Crippen LogP contribution in [0.2, 0.25) is 0 Å². The molecule has 0 bridgehead atoms. The first-order valence-corrected chi connectivity index (χ1v) is 5.81. The van der Waals surface area contributed by atoms with Crippen LogP contribution in [0.25, 0.3) is 11.0 Å². The van der Waals surface area contributed by atoms with Gasteiger partial charge in [-0.1, -0.05) is 0 Å². The van der Waals surface area contributed by atoms with E-state index in [0.717, 1.165) is 16.7 Å². The summed E-state index contributed by atoms with van der Waals surface area (Å²) in [5.74, 6) is -0.151. The number of imidazole rings is 1. The van der Waals surface area contributed by atoms with Gasteiger partial charge in [-0.3, -0.25) is 4.79 Å².